The van der Waals surface area contributed by atoms with Crippen molar-refractivity contribution in [3.63, 3.8) is 0 Å². The Hall–Kier alpha value is -3.64. The van der Waals surface area contributed by atoms with Crippen LogP contribution in [0.25, 0.3) is 0 Å². The van der Waals surface area contributed by atoms with Crippen molar-refractivity contribution < 1.29 is 77.4 Å². The minimum Gasteiger partial charge on any atom is -0.485 e. The lowest BCUT2D eigenvalue weighted by Gasteiger charge is -2.27. The normalized spacial score (nSPS) is 15.5. The van der Waals surface area contributed by atoms with Gasteiger partial charge >= 0.3 is 26.1 Å². The van der Waals surface area contributed by atoms with Gasteiger partial charge in [0.15, 0.2) is 11.9 Å². The first-order chi connectivity index (χ1) is 27.2. The van der Waals surface area contributed by atoms with E-state index in [-0.39, 0.29) is 31.2 Å². The van der Waals surface area contributed by atoms with E-state index in [2.05, 4.69) is 0 Å². The van der Waals surface area contributed by atoms with Gasteiger partial charge in [-0.15, -0.1) is 0 Å². The third-order valence-electron chi connectivity index (χ3n) is 7.98. The molecule has 2 atom stereocenters. The molecule has 5 rings (SSSR count). The number of carbonyl (C=O) groups excluding carboxylic acids is 1. The third kappa shape index (κ3) is 11.5. The first-order valence-electron chi connectivity index (χ1n) is 16.2. The molecule has 1 heterocycles. The highest BCUT2D eigenvalue weighted by atomic mass is 35.5. The van der Waals surface area contributed by atoms with Crippen molar-refractivity contribution in [2.24, 2.45) is 0 Å². The van der Waals surface area contributed by atoms with Crippen LogP contribution in [0.3, 0.4) is 0 Å². The van der Waals surface area contributed by atoms with Gasteiger partial charge in [0.05, 0.1) is 30.9 Å². The Morgan fingerprint density at radius 1 is 0.655 bits per heavy atom. The standard InChI is InChI=1S/C36H25Cl4F8O9P/c37-22-5-1-18(26(9-22)35(43,44)45)14-52-32-31(56-34(50)33(32)53-15-19-2-6-23(38)10-27(19)36(46,47)48)30(13-49)57-58(51,54-16-20-3-7-24(39)11-28(20)41)55-17-21-4-8-25(40)12-29(21)42/h1-12,30-31,49H,13-17H2/t30-,31+/m0/s1. The van der Waals surface area contributed by atoms with Crippen molar-refractivity contribution in [3.8, 4) is 0 Å². The van der Waals surface area contributed by atoms with E-state index in [4.69, 9.17) is 74.2 Å². The molecular weight excluding hydrogens is 901 g/mol. The smallest absolute Gasteiger partial charge is 0.475 e. The minimum atomic E-state index is -5.18. The molecular formula is C36H25Cl4F8O9P. The van der Waals surface area contributed by atoms with E-state index in [1.54, 1.807) is 0 Å². The largest absolute Gasteiger partial charge is 0.485 e. The highest BCUT2D eigenvalue weighted by Crippen LogP contribution is 2.53. The number of phosphoric acid groups is 1. The number of hydrogen-bond acceptors (Lipinski definition) is 9. The van der Waals surface area contributed by atoms with Gasteiger partial charge in [0.2, 0.25) is 5.76 Å². The zero-order valence-corrected chi connectivity index (χ0v) is 32.7. The second kappa shape index (κ2) is 18.7. The summed E-state index contributed by atoms with van der Waals surface area (Å²) in [4.78, 5) is 13.3. The predicted octanol–water partition coefficient (Wildman–Crippen LogP) is 11.4. The fourth-order valence-corrected chi connectivity index (χ4v) is 7.14. The minimum absolute atomic E-state index is 0.0115. The fourth-order valence-electron chi connectivity index (χ4n) is 5.18. The lowest BCUT2D eigenvalue weighted by atomic mass is 10.1. The van der Waals surface area contributed by atoms with E-state index in [0.717, 1.165) is 48.5 Å². The Kier molecular flexibility index (Phi) is 14.7. The number of cyclic esters (lactones) is 1. The van der Waals surface area contributed by atoms with E-state index in [1.165, 1.54) is 12.1 Å². The summed E-state index contributed by atoms with van der Waals surface area (Å²) in [5.41, 5.74) is -4.14. The van der Waals surface area contributed by atoms with Gasteiger partial charge in [-0.25, -0.2) is 18.1 Å². The summed E-state index contributed by atoms with van der Waals surface area (Å²) in [6.45, 7) is -5.02. The van der Waals surface area contributed by atoms with Gasteiger partial charge in [0.25, 0.3) is 0 Å². The van der Waals surface area contributed by atoms with Gasteiger partial charge in [0.1, 0.15) is 31.0 Å². The first kappa shape index (κ1) is 45.4. The maximum Gasteiger partial charge on any atom is 0.475 e. The average Bonchev–Trinajstić information content (AvgIpc) is 3.45. The van der Waals surface area contributed by atoms with Gasteiger partial charge < -0.3 is 19.3 Å². The first-order valence-corrected chi connectivity index (χ1v) is 19.1. The van der Waals surface area contributed by atoms with Crippen molar-refractivity contribution in [2.75, 3.05) is 6.61 Å². The van der Waals surface area contributed by atoms with Gasteiger partial charge in [-0.2, -0.15) is 26.3 Å². The Balaban J connectivity index is 1.52. The molecule has 312 valence electrons. The lowest BCUT2D eigenvalue weighted by Crippen LogP contribution is -2.35. The Labute approximate surface area is 343 Å². The summed E-state index contributed by atoms with van der Waals surface area (Å²) in [6.07, 6.45) is -14.1. The number of hydrogen-bond donors (Lipinski definition) is 1. The summed E-state index contributed by atoms with van der Waals surface area (Å²) >= 11 is 23.1. The fraction of sp³-hybridized carbons (Fsp3) is 0.250. The Morgan fingerprint density at radius 2 is 1.07 bits per heavy atom. The quantitative estimate of drug-likeness (QED) is 0.0667. The number of aliphatic hydroxyl groups is 1. The van der Waals surface area contributed by atoms with Crippen LogP contribution in [0.15, 0.2) is 84.3 Å². The van der Waals surface area contributed by atoms with Crippen LogP contribution in [0.1, 0.15) is 33.4 Å². The van der Waals surface area contributed by atoms with Gasteiger partial charge in [-0.05, 0) is 48.5 Å². The zero-order valence-electron chi connectivity index (χ0n) is 28.8. The number of ether oxygens (including phenoxy) is 3. The molecule has 1 aliphatic rings. The van der Waals surface area contributed by atoms with Crippen molar-refractivity contribution in [1.82, 2.24) is 0 Å². The zero-order chi connectivity index (χ0) is 42.6. The van der Waals surface area contributed by atoms with Crippen LogP contribution < -0.4 is 0 Å². The number of benzene rings is 4. The molecule has 0 aliphatic carbocycles. The second-order valence-electron chi connectivity index (χ2n) is 12.0. The number of alkyl halides is 6. The molecule has 58 heavy (non-hydrogen) atoms. The molecule has 0 unspecified atom stereocenters. The van der Waals surface area contributed by atoms with Gasteiger partial charge in [-0.3, -0.25) is 13.6 Å². The molecule has 4 aromatic carbocycles. The number of aliphatic hydroxyl groups excluding tert-OH is 1. The van der Waals surface area contributed by atoms with E-state index in [9.17, 15) is 49.6 Å². The predicted molar refractivity (Wildman–Crippen MR) is 191 cm³/mol. The SMILES string of the molecule is O=C1O[C@H]([C@H](CO)OP(=O)(OCc2ccc(Cl)cc2F)OCc2ccc(Cl)cc2F)C(OCc2ccc(Cl)cc2C(F)(F)F)=C1OCc1ccc(Cl)cc1C(F)(F)F. The molecule has 22 heteroatoms. The van der Waals surface area contributed by atoms with Gasteiger partial charge in [0, 0.05) is 42.3 Å². The second-order valence-corrected chi connectivity index (χ2v) is 15.4. The summed E-state index contributed by atoms with van der Waals surface area (Å²) in [6, 6.07) is 11.8. The summed E-state index contributed by atoms with van der Waals surface area (Å²) in [5, 5.41) is 9.85. The monoisotopic (exact) mass is 924 g/mol. The maximum absolute atomic E-state index is 14.7. The van der Waals surface area contributed by atoms with Crippen molar-refractivity contribution in [2.45, 2.75) is 51.0 Å². The number of esters is 1. The molecule has 1 N–H and O–H groups in total. The van der Waals surface area contributed by atoms with Crippen molar-refractivity contribution >= 4 is 60.2 Å². The lowest BCUT2D eigenvalue weighted by molar-refractivity contribution is -0.149. The van der Waals surface area contributed by atoms with Crippen LogP contribution in [0.2, 0.25) is 20.1 Å². The molecule has 4 aromatic rings. The molecule has 0 saturated carbocycles. The third-order valence-corrected chi connectivity index (χ3v) is 10.3. The number of phosphoric ester groups is 1. The van der Waals surface area contributed by atoms with Crippen LogP contribution >= 0.6 is 54.2 Å². The van der Waals surface area contributed by atoms with Crippen LogP contribution in [0.5, 0.6) is 0 Å². The molecule has 0 radical (unpaired) electrons. The molecule has 0 spiro atoms. The highest BCUT2D eigenvalue weighted by Gasteiger charge is 2.47. The molecule has 0 bridgehead atoms. The van der Waals surface area contributed by atoms with Crippen molar-refractivity contribution in [3.05, 3.63) is 149 Å². The highest BCUT2D eigenvalue weighted by molar-refractivity contribution is 7.48. The Morgan fingerprint density at radius 3 is 1.48 bits per heavy atom. The van der Waals surface area contributed by atoms with Crippen molar-refractivity contribution in [1.29, 1.82) is 0 Å². The average molecular weight is 926 g/mol. The van der Waals surface area contributed by atoms with Gasteiger partial charge in [-0.1, -0.05) is 70.7 Å². The summed E-state index contributed by atoms with van der Waals surface area (Å²) in [7, 11) is -5.18. The molecule has 0 amide bonds. The van der Waals surface area contributed by atoms with Crippen LogP contribution in [0, 0.1) is 11.6 Å². The van der Waals surface area contributed by atoms with Crippen LogP contribution in [0.4, 0.5) is 35.1 Å². The summed E-state index contributed by atoms with van der Waals surface area (Å²) in [5.74, 6) is -5.16. The molecule has 9 nitrogen and oxygen atoms in total. The molecule has 0 aromatic heterocycles. The number of carbonyl (C=O) groups is 1. The topological polar surface area (TPSA) is 110 Å². The van der Waals surface area contributed by atoms with Crippen LogP contribution in [-0.4, -0.2) is 29.9 Å². The Bertz CT molecular complexity index is 2180. The van der Waals surface area contributed by atoms with E-state index >= 15 is 0 Å². The maximum atomic E-state index is 14.7. The molecule has 0 fully saturated rings. The molecule has 1 aliphatic heterocycles. The van der Waals surface area contributed by atoms with Crippen LogP contribution in [-0.2, 0) is 75.9 Å². The summed E-state index contributed by atoms with van der Waals surface area (Å²) < 4.78 is 159. The van der Waals surface area contributed by atoms with E-state index in [1.807, 2.05) is 0 Å². The number of halogens is 12. The van der Waals surface area contributed by atoms with E-state index < -0.39 is 117 Å². The molecule has 0 saturated heterocycles. The van der Waals surface area contributed by atoms with E-state index in [0.29, 0.717) is 12.1 Å². The number of rotatable bonds is 16.